The van der Waals surface area contributed by atoms with Gasteiger partial charge in [0.1, 0.15) is 5.54 Å². The van der Waals surface area contributed by atoms with Crippen LogP contribution in [0.2, 0.25) is 0 Å². The second-order valence-corrected chi connectivity index (χ2v) is 5.55. The molecule has 90 valence electrons. The number of nitriles is 1. The van der Waals surface area contributed by atoms with Crippen LogP contribution in [-0.2, 0) is 4.74 Å². The lowest BCUT2D eigenvalue weighted by Crippen LogP contribution is -2.46. The van der Waals surface area contributed by atoms with E-state index >= 15 is 0 Å². The van der Waals surface area contributed by atoms with Crippen molar-refractivity contribution in [3.8, 4) is 6.07 Å². The molecular formula is C13H22N2O. The summed E-state index contributed by atoms with van der Waals surface area (Å²) in [5.74, 6) is 0. The van der Waals surface area contributed by atoms with E-state index in [0.29, 0.717) is 18.2 Å². The molecule has 1 N–H and O–H groups in total. The summed E-state index contributed by atoms with van der Waals surface area (Å²) >= 11 is 0. The van der Waals surface area contributed by atoms with Crippen molar-refractivity contribution in [1.82, 2.24) is 5.32 Å². The Morgan fingerprint density at radius 3 is 2.56 bits per heavy atom. The Morgan fingerprint density at radius 1 is 1.31 bits per heavy atom. The van der Waals surface area contributed by atoms with E-state index < -0.39 is 0 Å². The predicted molar refractivity (Wildman–Crippen MR) is 63.0 cm³/mol. The van der Waals surface area contributed by atoms with E-state index in [-0.39, 0.29) is 5.54 Å². The standard InChI is InChI=1S/C13H22N2O/c1-10(2)15-13(9-14)7-6-12(8-13)16-11-4-3-5-11/h10-12,15H,3-8H2,1-2H3. The van der Waals surface area contributed by atoms with E-state index in [1.807, 2.05) is 0 Å². The third kappa shape index (κ3) is 2.56. The fourth-order valence-corrected chi connectivity index (χ4v) is 2.71. The van der Waals surface area contributed by atoms with E-state index in [1.54, 1.807) is 0 Å². The van der Waals surface area contributed by atoms with Crippen molar-refractivity contribution in [3.05, 3.63) is 0 Å². The van der Waals surface area contributed by atoms with Crippen LogP contribution in [0.1, 0.15) is 52.4 Å². The maximum Gasteiger partial charge on any atom is 0.109 e. The molecule has 0 saturated heterocycles. The molecule has 0 amide bonds. The fraction of sp³-hybridized carbons (Fsp3) is 0.923. The summed E-state index contributed by atoms with van der Waals surface area (Å²) in [5.41, 5.74) is -0.331. The van der Waals surface area contributed by atoms with Crippen LogP contribution in [0.15, 0.2) is 0 Å². The van der Waals surface area contributed by atoms with Crippen molar-refractivity contribution in [2.24, 2.45) is 0 Å². The van der Waals surface area contributed by atoms with Gasteiger partial charge in [-0.25, -0.2) is 0 Å². The minimum Gasteiger partial charge on any atom is -0.375 e. The van der Waals surface area contributed by atoms with Gasteiger partial charge in [0.2, 0.25) is 0 Å². The molecular weight excluding hydrogens is 200 g/mol. The van der Waals surface area contributed by atoms with E-state index in [1.165, 1.54) is 19.3 Å². The summed E-state index contributed by atoms with van der Waals surface area (Å²) in [5, 5.41) is 12.7. The van der Waals surface area contributed by atoms with Crippen LogP contribution in [0.3, 0.4) is 0 Å². The highest BCUT2D eigenvalue weighted by molar-refractivity contribution is 5.12. The quantitative estimate of drug-likeness (QED) is 0.794. The molecule has 2 saturated carbocycles. The summed E-state index contributed by atoms with van der Waals surface area (Å²) < 4.78 is 5.99. The van der Waals surface area contributed by atoms with Crippen molar-refractivity contribution in [2.45, 2.75) is 76.2 Å². The van der Waals surface area contributed by atoms with E-state index in [2.05, 4.69) is 25.2 Å². The highest BCUT2D eigenvalue weighted by atomic mass is 16.5. The van der Waals surface area contributed by atoms with Gasteiger partial charge in [0.05, 0.1) is 18.3 Å². The predicted octanol–water partition coefficient (Wildman–Crippen LogP) is 2.37. The molecule has 2 atom stereocenters. The van der Waals surface area contributed by atoms with Crippen LogP contribution in [0.5, 0.6) is 0 Å². The number of ether oxygens (including phenoxy) is 1. The maximum absolute atomic E-state index is 9.32. The highest BCUT2D eigenvalue weighted by Crippen LogP contribution is 2.35. The van der Waals surface area contributed by atoms with Crippen LogP contribution in [0.4, 0.5) is 0 Å². The Balaban J connectivity index is 1.86. The molecule has 2 rings (SSSR count). The molecule has 0 aromatic rings. The Morgan fingerprint density at radius 2 is 2.06 bits per heavy atom. The molecule has 2 unspecified atom stereocenters. The van der Waals surface area contributed by atoms with Gasteiger partial charge in [-0.05, 0) is 46.0 Å². The number of nitrogens with one attached hydrogen (secondary N) is 1. The van der Waals surface area contributed by atoms with Crippen molar-refractivity contribution >= 4 is 0 Å². The normalized spacial score (nSPS) is 35.0. The third-order valence-electron chi connectivity index (χ3n) is 3.69. The second-order valence-electron chi connectivity index (χ2n) is 5.55. The Bertz CT molecular complexity index is 280. The van der Waals surface area contributed by atoms with Crippen LogP contribution in [0.25, 0.3) is 0 Å². The molecule has 0 heterocycles. The number of hydrogen-bond donors (Lipinski definition) is 1. The summed E-state index contributed by atoms with van der Waals surface area (Å²) in [6.07, 6.45) is 7.35. The van der Waals surface area contributed by atoms with Gasteiger partial charge < -0.3 is 4.74 Å². The smallest absolute Gasteiger partial charge is 0.109 e. The summed E-state index contributed by atoms with van der Waals surface area (Å²) in [6.45, 7) is 4.19. The van der Waals surface area contributed by atoms with E-state index in [0.717, 1.165) is 19.3 Å². The van der Waals surface area contributed by atoms with Gasteiger partial charge in [0.25, 0.3) is 0 Å². The first-order chi connectivity index (χ1) is 7.63. The maximum atomic E-state index is 9.32. The average molecular weight is 222 g/mol. The van der Waals surface area contributed by atoms with Crippen LogP contribution in [-0.4, -0.2) is 23.8 Å². The zero-order chi connectivity index (χ0) is 11.6. The molecule has 0 aliphatic heterocycles. The minimum atomic E-state index is -0.331. The van der Waals surface area contributed by atoms with Crippen molar-refractivity contribution in [1.29, 1.82) is 5.26 Å². The lowest BCUT2D eigenvalue weighted by atomic mass is 9.95. The molecule has 0 bridgehead atoms. The molecule has 2 aliphatic carbocycles. The largest absolute Gasteiger partial charge is 0.375 e. The first-order valence-electron chi connectivity index (χ1n) is 6.48. The van der Waals surface area contributed by atoms with E-state index in [4.69, 9.17) is 4.74 Å². The SMILES string of the molecule is CC(C)NC1(C#N)CCC(OC2CCC2)C1. The van der Waals surface area contributed by atoms with Gasteiger partial charge in [-0.3, -0.25) is 5.32 Å². The fourth-order valence-electron chi connectivity index (χ4n) is 2.71. The molecule has 16 heavy (non-hydrogen) atoms. The van der Waals surface area contributed by atoms with Crippen LogP contribution in [0, 0.1) is 11.3 Å². The Hall–Kier alpha value is -0.590. The third-order valence-corrected chi connectivity index (χ3v) is 3.69. The summed E-state index contributed by atoms with van der Waals surface area (Å²) in [4.78, 5) is 0. The zero-order valence-corrected chi connectivity index (χ0v) is 10.3. The van der Waals surface area contributed by atoms with Gasteiger partial charge in [-0.2, -0.15) is 5.26 Å². The molecule has 3 heteroatoms. The van der Waals surface area contributed by atoms with Gasteiger partial charge in [-0.15, -0.1) is 0 Å². The molecule has 2 fully saturated rings. The summed E-state index contributed by atoms with van der Waals surface area (Å²) in [6, 6.07) is 2.82. The monoisotopic (exact) mass is 222 g/mol. The average Bonchev–Trinajstić information content (AvgIpc) is 2.55. The van der Waals surface area contributed by atoms with Gasteiger partial charge >= 0.3 is 0 Å². The van der Waals surface area contributed by atoms with Crippen molar-refractivity contribution in [2.75, 3.05) is 0 Å². The van der Waals surface area contributed by atoms with Crippen LogP contribution >= 0.6 is 0 Å². The molecule has 0 aromatic heterocycles. The van der Waals surface area contributed by atoms with Gasteiger partial charge in [0.15, 0.2) is 0 Å². The Kier molecular flexibility index (Phi) is 3.51. The number of nitrogens with zero attached hydrogens (tertiary/aromatic N) is 1. The first kappa shape index (κ1) is 11.9. The number of hydrogen-bond acceptors (Lipinski definition) is 3. The minimum absolute atomic E-state index is 0.302. The van der Waals surface area contributed by atoms with Gasteiger partial charge in [-0.1, -0.05) is 0 Å². The molecule has 2 aliphatic rings. The van der Waals surface area contributed by atoms with Crippen molar-refractivity contribution < 1.29 is 4.74 Å². The van der Waals surface area contributed by atoms with Gasteiger partial charge in [0, 0.05) is 12.5 Å². The second kappa shape index (κ2) is 4.73. The highest BCUT2D eigenvalue weighted by Gasteiger charge is 2.41. The van der Waals surface area contributed by atoms with E-state index in [9.17, 15) is 5.26 Å². The molecule has 0 radical (unpaired) electrons. The summed E-state index contributed by atoms with van der Waals surface area (Å²) in [7, 11) is 0. The van der Waals surface area contributed by atoms with Crippen molar-refractivity contribution in [3.63, 3.8) is 0 Å². The van der Waals surface area contributed by atoms with Crippen LogP contribution < -0.4 is 5.32 Å². The zero-order valence-electron chi connectivity index (χ0n) is 10.3. The lowest BCUT2D eigenvalue weighted by Gasteiger charge is -2.30. The Labute approximate surface area is 98.2 Å². The molecule has 0 aromatic carbocycles. The lowest BCUT2D eigenvalue weighted by molar-refractivity contribution is -0.0494. The first-order valence-corrected chi connectivity index (χ1v) is 6.48. The number of rotatable bonds is 4. The molecule has 0 spiro atoms. The molecule has 3 nitrogen and oxygen atoms in total. The topological polar surface area (TPSA) is 45.0 Å².